The summed E-state index contributed by atoms with van der Waals surface area (Å²) in [6.45, 7) is 4.65. The largest absolute Gasteiger partial charge is 0.461 e. The van der Waals surface area contributed by atoms with Crippen LogP contribution in [0.5, 0.6) is 6.01 Å². The fraction of sp³-hybridized carbons (Fsp3) is 0.429. The van der Waals surface area contributed by atoms with Gasteiger partial charge in [0.05, 0.1) is 32.4 Å². The number of anilines is 2. The fourth-order valence-electron chi connectivity index (χ4n) is 6.32. The molecule has 196 valence electrons. The highest BCUT2D eigenvalue weighted by molar-refractivity contribution is 7.22. The third-order valence-corrected chi connectivity index (χ3v) is 9.10. The lowest BCUT2D eigenvalue weighted by molar-refractivity contribution is 0.108. The predicted molar refractivity (Wildman–Crippen MR) is 149 cm³/mol. The minimum Gasteiger partial charge on any atom is -0.461 e. The number of nitrogens with two attached hydrogens (primary N) is 1. The van der Waals surface area contributed by atoms with E-state index in [9.17, 15) is 4.39 Å². The van der Waals surface area contributed by atoms with Gasteiger partial charge >= 0.3 is 6.01 Å². The molecular formula is C28H30FN7OS. The number of hydrogen-bond donors (Lipinski definition) is 1. The Labute approximate surface area is 224 Å². The van der Waals surface area contributed by atoms with E-state index in [0.717, 1.165) is 85.5 Å². The lowest BCUT2D eigenvalue weighted by atomic mass is 9.95. The number of aromatic nitrogens is 4. The Hall–Kier alpha value is -3.37. The normalized spacial score (nSPS) is 19.3. The van der Waals surface area contributed by atoms with Crippen molar-refractivity contribution in [2.75, 3.05) is 43.4 Å². The minimum atomic E-state index is -0.332. The predicted octanol–water partition coefficient (Wildman–Crippen LogP) is 5.19. The maximum Gasteiger partial charge on any atom is 0.319 e. The van der Waals surface area contributed by atoms with E-state index in [1.165, 1.54) is 18.9 Å². The van der Waals surface area contributed by atoms with Crippen LogP contribution in [0, 0.1) is 5.82 Å². The number of hydrogen-bond acceptors (Lipinski definition) is 9. The van der Waals surface area contributed by atoms with E-state index in [1.807, 2.05) is 12.3 Å². The van der Waals surface area contributed by atoms with Crippen LogP contribution >= 0.6 is 11.3 Å². The third kappa shape index (κ3) is 4.06. The van der Waals surface area contributed by atoms with E-state index in [-0.39, 0.29) is 11.4 Å². The summed E-state index contributed by atoms with van der Waals surface area (Å²) in [6, 6.07) is 5.48. The first-order valence-corrected chi connectivity index (χ1v) is 14.2. The van der Waals surface area contributed by atoms with Crippen molar-refractivity contribution in [1.29, 1.82) is 0 Å². The number of nitrogens with zero attached hydrogens (tertiary/aromatic N) is 6. The number of halogens is 1. The van der Waals surface area contributed by atoms with Crippen molar-refractivity contribution in [2.45, 2.75) is 44.1 Å². The average molecular weight is 532 g/mol. The summed E-state index contributed by atoms with van der Waals surface area (Å²) in [4.78, 5) is 23.8. The van der Waals surface area contributed by atoms with Crippen LogP contribution in [0.4, 0.5) is 15.3 Å². The molecular weight excluding hydrogens is 501 g/mol. The van der Waals surface area contributed by atoms with E-state index < -0.39 is 0 Å². The molecule has 0 saturated carbocycles. The Balaban J connectivity index is 1.31. The van der Waals surface area contributed by atoms with Gasteiger partial charge in [-0.2, -0.15) is 9.97 Å². The maximum absolute atomic E-state index is 14.4. The molecule has 3 aliphatic rings. The second kappa shape index (κ2) is 9.43. The number of thiazole rings is 1. The zero-order valence-electron chi connectivity index (χ0n) is 21.2. The van der Waals surface area contributed by atoms with Crippen LogP contribution in [0.25, 0.3) is 32.4 Å². The molecule has 0 atom stereocenters. The Bertz CT molecular complexity index is 1530. The van der Waals surface area contributed by atoms with Crippen LogP contribution in [0.1, 0.15) is 38.5 Å². The van der Waals surface area contributed by atoms with Gasteiger partial charge in [-0.3, -0.25) is 9.88 Å². The lowest BCUT2D eigenvalue weighted by Gasteiger charge is -2.31. The van der Waals surface area contributed by atoms with Crippen molar-refractivity contribution >= 4 is 43.4 Å². The number of fused-ring (bicyclic) bond motifs is 3. The maximum atomic E-state index is 14.4. The molecule has 0 spiro atoms. The molecule has 2 fully saturated rings. The first kappa shape index (κ1) is 23.7. The van der Waals surface area contributed by atoms with Crippen LogP contribution in [0.15, 0.2) is 36.5 Å². The summed E-state index contributed by atoms with van der Waals surface area (Å²) in [5, 5.41) is 1.20. The molecule has 0 radical (unpaired) electrons. The van der Waals surface area contributed by atoms with Crippen molar-refractivity contribution < 1.29 is 9.13 Å². The summed E-state index contributed by atoms with van der Waals surface area (Å²) in [5.74, 6) is 0.517. The van der Waals surface area contributed by atoms with Gasteiger partial charge in [0.2, 0.25) is 0 Å². The summed E-state index contributed by atoms with van der Waals surface area (Å²) in [7, 11) is 0. The average Bonchev–Trinajstić information content (AvgIpc) is 3.55. The quantitative estimate of drug-likeness (QED) is 0.352. The van der Waals surface area contributed by atoms with Gasteiger partial charge in [-0.1, -0.05) is 23.5 Å². The van der Waals surface area contributed by atoms with Gasteiger partial charge in [0.25, 0.3) is 0 Å². The molecule has 0 amide bonds. The van der Waals surface area contributed by atoms with Crippen LogP contribution in [0.3, 0.4) is 0 Å². The number of ether oxygens (including phenoxy) is 1. The molecule has 38 heavy (non-hydrogen) atoms. The molecule has 1 aromatic carbocycles. The van der Waals surface area contributed by atoms with E-state index in [4.69, 9.17) is 25.4 Å². The summed E-state index contributed by atoms with van der Waals surface area (Å²) >= 11 is 1.14. The van der Waals surface area contributed by atoms with Crippen molar-refractivity contribution in [2.24, 2.45) is 0 Å². The van der Waals surface area contributed by atoms with E-state index in [0.29, 0.717) is 33.7 Å². The Morgan fingerprint density at radius 3 is 2.61 bits per heavy atom. The Morgan fingerprint density at radius 2 is 1.82 bits per heavy atom. The van der Waals surface area contributed by atoms with Crippen LogP contribution < -0.4 is 15.4 Å². The molecule has 3 aromatic heterocycles. The topological polar surface area (TPSA) is 93.3 Å². The second-order valence-corrected chi connectivity index (χ2v) is 11.5. The highest BCUT2D eigenvalue weighted by atomic mass is 32.1. The van der Waals surface area contributed by atoms with Crippen LogP contribution in [0.2, 0.25) is 0 Å². The van der Waals surface area contributed by atoms with Crippen molar-refractivity contribution in [3.05, 3.63) is 42.4 Å². The van der Waals surface area contributed by atoms with Gasteiger partial charge in [0.15, 0.2) is 5.13 Å². The first-order chi connectivity index (χ1) is 18.6. The number of nitrogen functional groups attached to an aromatic ring is 1. The summed E-state index contributed by atoms with van der Waals surface area (Å²) < 4.78 is 21.3. The van der Waals surface area contributed by atoms with Gasteiger partial charge in [0, 0.05) is 24.8 Å². The smallest absolute Gasteiger partial charge is 0.319 e. The number of benzene rings is 1. The molecule has 0 unspecified atom stereocenters. The standard InChI is InChI=1S/C28H30FN7OS/c29-20-8-7-18(23-24(20)38-26(30)33-23)21-15-22-19(16-31-21)25(35-11-3-1-2-4-12-35)34-27(32-22)37-17-28-9-5-13-36(28)14-6-10-28/h1-2,7-8,15-16H,3-6,9-14,17H2,(H2,30,33). The fourth-order valence-corrected chi connectivity index (χ4v) is 7.08. The molecule has 6 heterocycles. The van der Waals surface area contributed by atoms with Gasteiger partial charge in [-0.25, -0.2) is 9.37 Å². The number of pyridine rings is 1. The molecule has 0 bridgehead atoms. The zero-order valence-corrected chi connectivity index (χ0v) is 22.0. The van der Waals surface area contributed by atoms with Gasteiger partial charge < -0.3 is 15.4 Å². The monoisotopic (exact) mass is 531 g/mol. The van der Waals surface area contributed by atoms with Gasteiger partial charge in [0.1, 0.15) is 18.2 Å². The molecule has 2 saturated heterocycles. The Kier molecular flexibility index (Phi) is 5.89. The number of rotatable bonds is 5. The van der Waals surface area contributed by atoms with Crippen LogP contribution in [-0.4, -0.2) is 63.2 Å². The molecule has 7 rings (SSSR count). The third-order valence-electron chi connectivity index (χ3n) is 8.21. The molecule has 2 N–H and O–H groups in total. The van der Waals surface area contributed by atoms with Gasteiger partial charge in [-0.15, -0.1) is 0 Å². The zero-order chi connectivity index (χ0) is 25.7. The second-order valence-electron chi connectivity index (χ2n) is 10.5. The SMILES string of the molecule is Nc1nc2c(-c3cc4nc(OCC56CCCN5CCC6)nc(N5CCC=CCC5)c4cn3)ccc(F)c2s1. The first-order valence-electron chi connectivity index (χ1n) is 13.4. The molecule has 4 aromatic rings. The molecule has 10 heteroatoms. The van der Waals surface area contributed by atoms with Crippen molar-refractivity contribution in [3.8, 4) is 17.3 Å². The Morgan fingerprint density at radius 1 is 1.03 bits per heavy atom. The van der Waals surface area contributed by atoms with E-state index in [1.54, 1.807) is 6.07 Å². The highest BCUT2D eigenvalue weighted by Crippen LogP contribution is 2.40. The van der Waals surface area contributed by atoms with Gasteiger partial charge in [-0.05, 0) is 69.8 Å². The van der Waals surface area contributed by atoms with E-state index in [2.05, 4.69) is 26.9 Å². The van der Waals surface area contributed by atoms with Crippen molar-refractivity contribution in [3.63, 3.8) is 0 Å². The molecule has 8 nitrogen and oxygen atoms in total. The minimum absolute atomic E-state index is 0.110. The van der Waals surface area contributed by atoms with Crippen molar-refractivity contribution in [1.82, 2.24) is 24.8 Å². The lowest BCUT2D eigenvalue weighted by Crippen LogP contribution is -2.43. The highest BCUT2D eigenvalue weighted by Gasteiger charge is 2.45. The summed E-state index contributed by atoms with van der Waals surface area (Å²) in [6.07, 6.45) is 13.0. The molecule has 0 aliphatic carbocycles. The van der Waals surface area contributed by atoms with E-state index >= 15 is 0 Å². The van der Waals surface area contributed by atoms with Crippen LogP contribution in [-0.2, 0) is 0 Å². The summed E-state index contributed by atoms with van der Waals surface area (Å²) in [5.41, 5.74) is 8.69. The molecule has 3 aliphatic heterocycles.